The number of halogens is 2. The molecule has 0 unspecified atom stereocenters. The minimum Gasteiger partial charge on any atom is -0.497 e. The molecule has 0 atom stereocenters. The summed E-state index contributed by atoms with van der Waals surface area (Å²) in [5.74, 6) is 1.25. The number of aryl methyl sites for hydroxylation is 1. The Bertz CT molecular complexity index is 1400. The number of nitrogens with one attached hydrogen (secondary N) is 1. The zero-order chi connectivity index (χ0) is 25.7. The van der Waals surface area contributed by atoms with Crippen LogP contribution in [0, 0.1) is 6.92 Å². The van der Waals surface area contributed by atoms with Crippen molar-refractivity contribution in [2.75, 3.05) is 12.9 Å². The minimum atomic E-state index is -0.274. The summed E-state index contributed by atoms with van der Waals surface area (Å²) in [6, 6.07) is 20.8. The summed E-state index contributed by atoms with van der Waals surface area (Å²) in [7, 11) is 1.62. The van der Waals surface area contributed by atoms with Crippen molar-refractivity contribution in [2.45, 2.75) is 19.0 Å². The minimum absolute atomic E-state index is 0.102. The average molecular weight is 540 g/mol. The zero-order valence-electron chi connectivity index (χ0n) is 19.8. The van der Waals surface area contributed by atoms with E-state index in [-0.39, 0.29) is 11.7 Å². The second-order valence-electron chi connectivity index (χ2n) is 7.86. The normalized spacial score (nSPS) is 11.4. The summed E-state index contributed by atoms with van der Waals surface area (Å²) in [4.78, 5) is 12.6. The summed E-state index contributed by atoms with van der Waals surface area (Å²) in [5.41, 5.74) is 6.87. The SMILES string of the molecule is COc1ccc(-c2nnc(SCC(=O)NN=C(C)c3ccc(Cl)c(Cl)c3)n2-c2ccc(C)cc2)cc1. The summed E-state index contributed by atoms with van der Waals surface area (Å²) in [5, 5.41) is 14.4. The second kappa shape index (κ2) is 11.6. The molecule has 4 aromatic rings. The average Bonchev–Trinajstić information content (AvgIpc) is 3.32. The van der Waals surface area contributed by atoms with Crippen LogP contribution < -0.4 is 10.2 Å². The number of methoxy groups -OCH3 is 1. The van der Waals surface area contributed by atoms with Crippen molar-refractivity contribution in [3.05, 3.63) is 87.9 Å². The largest absolute Gasteiger partial charge is 0.497 e. The first-order valence-corrected chi connectivity index (χ1v) is 12.7. The number of benzene rings is 3. The molecule has 1 amide bonds. The van der Waals surface area contributed by atoms with Gasteiger partial charge >= 0.3 is 0 Å². The number of hydrogen-bond acceptors (Lipinski definition) is 6. The molecule has 0 saturated heterocycles. The van der Waals surface area contributed by atoms with Crippen LogP contribution in [0.1, 0.15) is 18.1 Å². The molecule has 7 nitrogen and oxygen atoms in total. The van der Waals surface area contributed by atoms with Crippen LogP contribution in [-0.2, 0) is 4.79 Å². The van der Waals surface area contributed by atoms with E-state index in [1.807, 2.05) is 60.0 Å². The number of amides is 1. The molecule has 36 heavy (non-hydrogen) atoms. The highest BCUT2D eigenvalue weighted by atomic mass is 35.5. The van der Waals surface area contributed by atoms with Gasteiger partial charge in [-0.3, -0.25) is 9.36 Å². The van der Waals surface area contributed by atoms with Gasteiger partial charge in [-0.2, -0.15) is 5.10 Å². The lowest BCUT2D eigenvalue weighted by atomic mass is 10.1. The van der Waals surface area contributed by atoms with Crippen LogP contribution >= 0.6 is 35.0 Å². The Labute approximate surface area is 223 Å². The molecule has 0 fully saturated rings. The van der Waals surface area contributed by atoms with Crippen LogP contribution in [0.3, 0.4) is 0 Å². The molecule has 0 spiro atoms. The van der Waals surface area contributed by atoms with Crippen LogP contribution in [0.5, 0.6) is 5.75 Å². The van der Waals surface area contributed by atoms with Gasteiger partial charge in [-0.1, -0.05) is 58.7 Å². The number of nitrogens with zero attached hydrogens (tertiary/aromatic N) is 4. The highest BCUT2D eigenvalue weighted by Crippen LogP contribution is 2.29. The third-order valence-electron chi connectivity index (χ3n) is 5.29. The van der Waals surface area contributed by atoms with Gasteiger partial charge in [0.1, 0.15) is 5.75 Å². The lowest BCUT2D eigenvalue weighted by Gasteiger charge is -2.11. The molecule has 3 aromatic carbocycles. The van der Waals surface area contributed by atoms with E-state index in [9.17, 15) is 4.79 Å². The van der Waals surface area contributed by atoms with Crippen LogP contribution in [0.15, 0.2) is 77.0 Å². The van der Waals surface area contributed by atoms with E-state index in [0.29, 0.717) is 26.7 Å². The number of aromatic nitrogens is 3. The summed E-state index contributed by atoms with van der Waals surface area (Å²) in [6.45, 7) is 3.81. The number of hydrazone groups is 1. The Hall–Kier alpha value is -3.33. The Morgan fingerprint density at radius 3 is 2.42 bits per heavy atom. The predicted molar refractivity (Wildman–Crippen MR) is 146 cm³/mol. The van der Waals surface area contributed by atoms with Gasteiger partial charge in [0.25, 0.3) is 5.91 Å². The number of carbonyl (C=O) groups is 1. The Kier molecular flexibility index (Phi) is 8.30. The maximum atomic E-state index is 12.6. The number of hydrogen-bond donors (Lipinski definition) is 1. The molecule has 0 aliphatic rings. The molecule has 0 radical (unpaired) electrons. The van der Waals surface area contributed by atoms with Gasteiger partial charge in [-0.05, 0) is 67.9 Å². The Morgan fingerprint density at radius 2 is 1.75 bits per heavy atom. The van der Waals surface area contributed by atoms with Crippen molar-refractivity contribution in [3.8, 4) is 22.8 Å². The Morgan fingerprint density at radius 1 is 1.03 bits per heavy atom. The van der Waals surface area contributed by atoms with Gasteiger partial charge in [0.15, 0.2) is 11.0 Å². The topological polar surface area (TPSA) is 81.4 Å². The van der Waals surface area contributed by atoms with Crippen molar-refractivity contribution >= 4 is 46.6 Å². The molecule has 0 saturated carbocycles. The fourth-order valence-corrected chi connectivity index (χ4v) is 4.35. The standard InChI is InChI=1S/C26H23Cl2N5O2S/c1-16-4-9-20(10-5-16)33-25(18-6-11-21(35-3)12-7-18)31-32-26(33)36-15-24(34)30-29-17(2)19-8-13-22(27)23(28)14-19/h4-14H,15H2,1-3H3,(H,30,34). The second-order valence-corrected chi connectivity index (χ2v) is 9.61. The molecule has 0 aliphatic carbocycles. The third kappa shape index (κ3) is 6.07. The van der Waals surface area contributed by atoms with E-state index in [1.165, 1.54) is 11.8 Å². The van der Waals surface area contributed by atoms with Crippen molar-refractivity contribution in [1.82, 2.24) is 20.2 Å². The molecule has 1 heterocycles. The van der Waals surface area contributed by atoms with E-state index in [2.05, 4.69) is 20.7 Å². The van der Waals surface area contributed by atoms with Gasteiger partial charge in [-0.15, -0.1) is 10.2 Å². The Balaban J connectivity index is 1.53. The monoisotopic (exact) mass is 539 g/mol. The van der Waals surface area contributed by atoms with Crippen molar-refractivity contribution in [1.29, 1.82) is 0 Å². The molecule has 4 rings (SSSR count). The number of ether oxygens (including phenoxy) is 1. The molecule has 1 N–H and O–H groups in total. The molecule has 10 heteroatoms. The first-order valence-electron chi connectivity index (χ1n) is 10.9. The van der Waals surface area contributed by atoms with Gasteiger partial charge < -0.3 is 4.74 Å². The van der Waals surface area contributed by atoms with Crippen molar-refractivity contribution in [2.24, 2.45) is 5.10 Å². The van der Waals surface area contributed by atoms with Crippen LogP contribution in [-0.4, -0.2) is 39.2 Å². The first-order chi connectivity index (χ1) is 17.4. The van der Waals surface area contributed by atoms with Crippen LogP contribution in [0.2, 0.25) is 10.0 Å². The highest BCUT2D eigenvalue weighted by Gasteiger charge is 2.17. The summed E-state index contributed by atoms with van der Waals surface area (Å²) in [6.07, 6.45) is 0. The van der Waals surface area contributed by atoms with Gasteiger partial charge in [0.05, 0.1) is 28.6 Å². The summed E-state index contributed by atoms with van der Waals surface area (Å²) < 4.78 is 7.20. The smallest absolute Gasteiger partial charge is 0.250 e. The number of carbonyl (C=O) groups excluding carboxylic acids is 1. The number of thioether (sulfide) groups is 1. The highest BCUT2D eigenvalue weighted by molar-refractivity contribution is 7.99. The number of rotatable bonds is 8. The lowest BCUT2D eigenvalue weighted by Crippen LogP contribution is -2.21. The van der Waals surface area contributed by atoms with Gasteiger partial charge in [0, 0.05) is 11.3 Å². The first kappa shape index (κ1) is 25.8. The van der Waals surface area contributed by atoms with E-state index < -0.39 is 0 Å². The van der Waals surface area contributed by atoms with E-state index >= 15 is 0 Å². The quantitative estimate of drug-likeness (QED) is 0.164. The van der Waals surface area contributed by atoms with E-state index in [1.54, 1.807) is 32.2 Å². The lowest BCUT2D eigenvalue weighted by molar-refractivity contribution is -0.118. The fourth-order valence-electron chi connectivity index (χ4n) is 3.31. The molecule has 0 aliphatic heterocycles. The predicted octanol–water partition coefficient (Wildman–Crippen LogP) is 6.19. The summed E-state index contributed by atoms with van der Waals surface area (Å²) >= 11 is 13.3. The molecular formula is C26H23Cl2N5O2S. The van der Waals surface area contributed by atoms with Crippen molar-refractivity contribution < 1.29 is 9.53 Å². The van der Waals surface area contributed by atoms with Crippen LogP contribution in [0.4, 0.5) is 0 Å². The maximum absolute atomic E-state index is 12.6. The van der Waals surface area contributed by atoms with E-state index in [0.717, 1.165) is 28.1 Å². The zero-order valence-corrected chi connectivity index (χ0v) is 22.2. The molecule has 1 aromatic heterocycles. The molecule has 0 bridgehead atoms. The molecule has 184 valence electrons. The fraction of sp³-hybridized carbons (Fsp3) is 0.154. The third-order valence-corrected chi connectivity index (χ3v) is 6.96. The van der Waals surface area contributed by atoms with E-state index in [4.69, 9.17) is 27.9 Å². The van der Waals surface area contributed by atoms with Gasteiger partial charge in [-0.25, -0.2) is 5.43 Å². The molecular weight excluding hydrogens is 517 g/mol. The van der Waals surface area contributed by atoms with Crippen LogP contribution in [0.25, 0.3) is 17.1 Å². The van der Waals surface area contributed by atoms with Gasteiger partial charge in [0.2, 0.25) is 0 Å². The van der Waals surface area contributed by atoms with Crippen molar-refractivity contribution in [3.63, 3.8) is 0 Å². The maximum Gasteiger partial charge on any atom is 0.250 e.